The second-order valence-corrected chi connectivity index (χ2v) is 14.7. The molecule has 7 rings (SSSR count). The molecular weight excluding hydrogens is 716 g/mol. The number of aliphatic hydroxyl groups excluding tert-OH is 5. The minimum Gasteiger partial charge on any atom is -0.456 e. The number of rotatable bonds is 15. The minimum atomic E-state index is -1.57. The van der Waals surface area contributed by atoms with Crippen LogP contribution in [0.1, 0.15) is 63.9 Å². The Labute approximate surface area is 317 Å². The number of nitrogens with one attached hydrogen (secondary N) is 2. The van der Waals surface area contributed by atoms with Crippen LogP contribution in [0.3, 0.4) is 0 Å². The molecule has 8 atom stereocenters. The van der Waals surface area contributed by atoms with Crippen LogP contribution in [0.2, 0.25) is 0 Å². The van der Waals surface area contributed by atoms with Crippen molar-refractivity contribution in [1.82, 2.24) is 10.6 Å². The lowest BCUT2D eigenvalue weighted by molar-refractivity contribution is -0.298. The average molecular weight is 765 g/mol. The van der Waals surface area contributed by atoms with Crippen LogP contribution in [-0.4, -0.2) is 124 Å². The lowest BCUT2D eigenvalue weighted by atomic mass is 9.91. The van der Waals surface area contributed by atoms with E-state index in [0.29, 0.717) is 22.3 Å². The summed E-state index contributed by atoms with van der Waals surface area (Å²) >= 11 is 0. The highest BCUT2D eigenvalue weighted by atomic mass is 16.8. The van der Waals surface area contributed by atoms with Crippen LogP contribution in [-0.2, 0) is 35.0 Å². The zero-order valence-corrected chi connectivity index (χ0v) is 30.2. The van der Waals surface area contributed by atoms with Crippen LogP contribution in [0.25, 0.3) is 6.08 Å². The van der Waals surface area contributed by atoms with Crippen LogP contribution < -0.4 is 10.6 Å². The molecule has 0 unspecified atom stereocenters. The minimum absolute atomic E-state index is 0.0854. The van der Waals surface area contributed by atoms with E-state index in [-0.39, 0.29) is 61.9 Å². The number of ether oxygens (including phenoxy) is 5. The fraction of sp³-hybridized carbons (Fsp3) is 0.525. The Morgan fingerprint density at radius 1 is 0.891 bits per heavy atom. The third-order valence-corrected chi connectivity index (χ3v) is 10.7. The predicted molar refractivity (Wildman–Crippen MR) is 193 cm³/mol. The Morgan fingerprint density at radius 2 is 1.65 bits per heavy atom. The van der Waals surface area contributed by atoms with E-state index in [1.165, 1.54) is 0 Å². The molecule has 2 amide bonds. The molecule has 0 bridgehead atoms. The van der Waals surface area contributed by atoms with Gasteiger partial charge in [-0.3, -0.25) is 9.59 Å². The largest absolute Gasteiger partial charge is 0.456 e. The van der Waals surface area contributed by atoms with Crippen molar-refractivity contribution in [3.05, 3.63) is 88.5 Å². The number of benzene rings is 2. The van der Waals surface area contributed by atoms with Crippen LogP contribution >= 0.6 is 0 Å². The first-order valence-corrected chi connectivity index (χ1v) is 18.8. The molecule has 15 heteroatoms. The van der Waals surface area contributed by atoms with Gasteiger partial charge in [0.15, 0.2) is 12.1 Å². The van der Waals surface area contributed by atoms with Gasteiger partial charge in [0.05, 0.1) is 25.4 Å². The number of hydrogen-bond donors (Lipinski definition) is 7. The predicted octanol–water partition coefficient (Wildman–Crippen LogP) is 0.711. The maximum absolute atomic E-state index is 13.9. The number of hydrogen-bond acceptors (Lipinski definition) is 13. The zero-order chi connectivity index (χ0) is 38.7. The molecule has 2 heterocycles. The summed E-state index contributed by atoms with van der Waals surface area (Å²) in [4.78, 5) is 40.0. The molecule has 3 aliphatic carbocycles. The maximum atomic E-state index is 13.9. The molecule has 15 nitrogen and oxygen atoms in total. The van der Waals surface area contributed by atoms with E-state index in [2.05, 4.69) is 10.6 Å². The summed E-state index contributed by atoms with van der Waals surface area (Å²) in [5.41, 5.74) is 2.25. The smallest absolute Gasteiger partial charge is 0.339 e. The first kappa shape index (κ1) is 39.2. The third-order valence-electron chi connectivity index (χ3n) is 10.7. The SMILES string of the molecule is O=C(NCc1cccc(C(=O)NCCO)c1)C1=C[C@H]2OC(C3CC3)(C3CC3)O[C@H]2[C@H](OC(=O)c2ccccc2C=CCO[C@H]2O[C@H](CO)[C@H](O)[C@H](O)[C@H]2O)C1. The highest BCUT2D eigenvalue weighted by Crippen LogP contribution is 2.59. The quantitative estimate of drug-likeness (QED) is 0.124. The van der Waals surface area contributed by atoms with E-state index in [1.807, 2.05) is 0 Å². The molecular formula is C40H48N2O13. The molecule has 4 fully saturated rings. The molecule has 55 heavy (non-hydrogen) atoms. The summed E-state index contributed by atoms with van der Waals surface area (Å²) in [6, 6.07) is 13.6. The van der Waals surface area contributed by atoms with Crippen molar-refractivity contribution in [1.29, 1.82) is 0 Å². The van der Waals surface area contributed by atoms with E-state index < -0.39 is 67.4 Å². The summed E-state index contributed by atoms with van der Waals surface area (Å²) < 4.78 is 30.5. The van der Waals surface area contributed by atoms with Gasteiger partial charge in [0.1, 0.15) is 42.7 Å². The highest BCUT2D eigenvalue weighted by molar-refractivity contribution is 5.96. The van der Waals surface area contributed by atoms with E-state index >= 15 is 0 Å². The third kappa shape index (κ3) is 8.70. The monoisotopic (exact) mass is 764 g/mol. The van der Waals surface area contributed by atoms with Crippen molar-refractivity contribution in [2.24, 2.45) is 11.8 Å². The fourth-order valence-electron chi connectivity index (χ4n) is 7.52. The molecule has 0 radical (unpaired) electrons. The van der Waals surface area contributed by atoms with Crippen molar-refractivity contribution in [2.75, 3.05) is 26.4 Å². The molecule has 0 spiro atoms. The van der Waals surface area contributed by atoms with Gasteiger partial charge < -0.3 is 59.9 Å². The van der Waals surface area contributed by atoms with Gasteiger partial charge in [-0.2, -0.15) is 0 Å². The molecule has 0 aromatic heterocycles. The van der Waals surface area contributed by atoms with Crippen LogP contribution in [0.5, 0.6) is 0 Å². The number of esters is 1. The van der Waals surface area contributed by atoms with Gasteiger partial charge in [0, 0.05) is 42.5 Å². The van der Waals surface area contributed by atoms with Crippen LogP contribution in [0.15, 0.2) is 66.3 Å². The lowest BCUT2D eigenvalue weighted by Gasteiger charge is -2.39. The molecule has 7 N–H and O–H groups in total. The molecule has 2 aromatic rings. The number of aliphatic hydroxyl groups is 5. The van der Waals surface area contributed by atoms with Crippen molar-refractivity contribution in [2.45, 2.75) is 93.5 Å². The topological polar surface area (TPSA) is 223 Å². The van der Waals surface area contributed by atoms with Gasteiger partial charge in [0.25, 0.3) is 5.91 Å². The van der Waals surface area contributed by atoms with Crippen molar-refractivity contribution in [3.8, 4) is 0 Å². The number of carbonyl (C=O) groups is 3. The van der Waals surface area contributed by atoms with E-state index in [9.17, 15) is 34.8 Å². The lowest BCUT2D eigenvalue weighted by Crippen LogP contribution is -2.59. The first-order chi connectivity index (χ1) is 26.6. The Bertz CT molecular complexity index is 1760. The van der Waals surface area contributed by atoms with Gasteiger partial charge in [0.2, 0.25) is 5.91 Å². The van der Waals surface area contributed by atoms with E-state index in [1.54, 1.807) is 66.8 Å². The molecule has 5 aliphatic rings. The van der Waals surface area contributed by atoms with Gasteiger partial charge in [-0.1, -0.05) is 42.5 Å². The van der Waals surface area contributed by atoms with Gasteiger partial charge in [-0.05, 0) is 61.1 Å². The second kappa shape index (κ2) is 17.0. The van der Waals surface area contributed by atoms with Crippen LogP contribution in [0.4, 0.5) is 0 Å². The van der Waals surface area contributed by atoms with Crippen molar-refractivity contribution < 1.29 is 63.6 Å². The molecule has 2 saturated heterocycles. The van der Waals surface area contributed by atoms with Crippen LogP contribution in [0, 0.1) is 11.8 Å². The fourth-order valence-corrected chi connectivity index (χ4v) is 7.52. The number of carbonyl (C=O) groups excluding carboxylic acids is 3. The molecule has 2 saturated carbocycles. The molecule has 2 aliphatic heterocycles. The highest BCUT2D eigenvalue weighted by Gasteiger charge is 2.64. The summed E-state index contributed by atoms with van der Waals surface area (Å²) in [5.74, 6) is -1.62. The standard InChI is InChI=1S/C40H48N2O13/c43-15-14-41-36(48)24-7-3-5-22(17-24)20-42-37(49)25-18-29(35-30(19-25)54-40(55-35,26-10-11-26)27-12-13-27)52-38(50)28-9-2-1-6-23(28)8-4-16-51-39-34(47)33(46)32(45)31(21-44)53-39/h1-9,17,19,26-27,29-35,39,43-47H,10-16,18,20-21H2,(H,41,48)(H,42,49)/t29-,30-,31-,32+,33+,34-,35+,39+/m1/s1. The summed E-state index contributed by atoms with van der Waals surface area (Å²) in [7, 11) is 0. The van der Waals surface area contributed by atoms with Gasteiger partial charge in [-0.15, -0.1) is 0 Å². The molecule has 296 valence electrons. The number of fused-ring (bicyclic) bond motifs is 1. The Balaban J connectivity index is 1.04. The maximum Gasteiger partial charge on any atom is 0.339 e. The summed E-state index contributed by atoms with van der Waals surface area (Å²) in [6.45, 7) is -0.590. The summed E-state index contributed by atoms with van der Waals surface area (Å²) in [5, 5.41) is 54.3. The van der Waals surface area contributed by atoms with Gasteiger partial charge >= 0.3 is 5.97 Å². The second-order valence-electron chi connectivity index (χ2n) is 14.7. The Hall–Kier alpha value is -4.03. The zero-order valence-electron chi connectivity index (χ0n) is 30.2. The number of amides is 2. The normalized spacial score (nSPS) is 30.0. The van der Waals surface area contributed by atoms with E-state index in [4.69, 9.17) is 28.8 Å². The summed E-state index contributed by atoms with van der Waals surface area (Å²) in [6.07, 6.45) is -0.0947. The first-order valence-electron chi connectivity index (χ1n) is 18.8. The van der Waals surface area contributed by atoms with Crippen molar-refractivity contribution >= 4 is 23.9 Å². The Kier molecular flexibility index (Phi) is 12.1. The van der Waals surface area contributed by atoms with Crippen molar-refractivity contribution in [3.63, 3.8) is 0 Å². The Morgan fingerprint density at radius 3 is 2.38 bits per heavy atom. The molecule has 2 aromatic carbocycles. The van der Waals surface area contributed by atoms with Gasteiger partial charge in [-0.25, -0.2) is 4.79 Å². The van der Waals surface area contributed by atoms with E-state index in [0.717, 1.165) is 25.7 Å². The average Bonchev–Trinajstić information content (AvgIpc) is 4.15.